The number of halogens is 1. The summed E-state index contributed by atoms with van der Waals surface area (Å²) in [5, 5.41) is 12.0. The molecule has 1 rings (SSSR count). The Balaban J connectivity index is 2.83. The number of rotatable bonds is 5. The van der Waals surface area contributed by atoms with Gasteiger partial charge in [-0.15, -0.1) is 0 Å². The van der Waals surface area contributed by atoms with Crippen LogP contribution in [0.4, 0.5) is 0 Å². The molecule has 2 N–H and O–H groups in total. The Kier molecular flexibility index (Phi) is 5.34. The van der Waals surface area contributed by atoms with Gasteiger partial charge in [-0.3, -0.25) is 9.59 Å². The molecule has 0 spiro atoms. The fraction of sp³-hybridized carbons (Fsp3) is 0.375. The summed E-state index contributed by atoms with van der Waals surface area (Å²) in [6.07, 6.45) is 3.09. The molecule has 0 heterocycles. The number of hydrogen-bond acceptors (Lipinski definition) is 2. The number of aliphatic carboxylic acids is 1. The maximum absolute atomic E-state index is 12.0. The number of carbonyl (C=O) groups is 2. The number of carbonyl (C=O) groups excluding carboxylic acids is 1. The lowest BCUT2D eigenvalue weighted by Gasteiger charge is -2.38. The Labute approximate surface area is 133 Å². The average molecular weight is 354 g/mol. The lowest BCUT2D eigenvalue weighted by atomic mass is 9.74. The predicted octanol–water partition coefficient (Wildman–Crippen LogP) is 3.47. The number of nitrogens with one attached hydrogen (secondary N) is 1. The van der Waals surface area contributed by atoms with Crippen molar-refractivity contribution < 1.29 is 14.7 Å². The van der Waals surface area contributed by atoms with E-state index in [1.165, 1.54) is 6.08 Å². The molecule has 0 saturated heterocycles. The van der Waals surface area contributed by atoms with Crippen LogP contribution in [0.2, 0.25) is 0 Å². The summed E-state index contributed by atoms with van der Waals surface area (Å²) in [5.74, 6) is -1.28. The number of carboxylic acid groups (broad SMARTS) is 1. The van der Waals surface area contributed by atoms with Gasteiger partial charge in [-0.2, -0.15) is 0 Å². The van der Waals surface area contributed by atoms with Gasteiger partial charge in [0.25, 0.3) is 0 Å². The van der Waals surface area contributed by atoms with Gasteiger partial charge in [0.1, 0.15) is 0 Å². The fourth-order valence-electron chi connectivity index (χ4n) is 1.55. The summed E-state index contributed by atoms with van der Waals surface area (Å²) in [6.45, 7) is 6.58. The molecular weight excluding hydrogens is 334 g/mol. The summed E-state index contributed by atoms with van der Waals surface area (Å²) in [7, 11) is 0. The van der Waals surface area contributed by atoms with Crippen molar-refractivity contribution in [1.82, 2.24) is 5.32 Å². The van der Waals surface area contributed by atoms with Gasteiger partial charge >= 0.3 is 5.97 Å². The topological polar surface area (TPSA) is 66.4 Å². The second kappa shape index (κ2) is 6.43. The smallest absolute Gasteiger partial charge is 0.311 e. The first-order valence-electron chi connectivity index (χ1n) is 6.56. The van der Waals surface area contributed by atoms with Crippen molar-refractivity contribution in [3.8, 4) is 0 Å². The maximum Gasteiger partial charge on any atom is 0.311 e. The monoisotopic (exact) mass is 353 g/mol. The van der Waals surface area contributed by atoms with Crippen molar-refractivity contribution >= 4 is 33.9 Å². The van der Waals surface area contributed by atoms with Crippen molar-refractivity contribution in [2.75, 3.05) is 0 Å². The fourth-order valence-corrected chi connectivity index (χ4v) is 1.97. The second-order valence-electron chi connectivity index (χ2n) is 5.90. The highest BCUT2D eigenvalue weighted by Gasteiger charge is 2.44. The van der Waals surface area contributed by atoms with Crippen LogP contribution in [0.25, 0.3) is 6.08 Å². The van der Waals surface area contributed by atoms with E-state index in [1.54, 1.807) is 33.8 Å². The lowest BCUT2D eigenvalue weighted by molar-refractivity contribution is -0.151. The largest absolute Gasteiger partial charge is 0.481 e. The Morgan fingerprint density at radius 3 is 2.29 bits per heavy atom. The standard InChI is InChI=1S/C16H20BrNO3/c1-15(2,14(20)21)16(3,4)18-13(19)10-9-11-7-5-6-8-12(11)17/h5-10H,1-4H3,(H,18,19)(H,20,21). The summed E-state index contributed by atoms with van der Waals surface area (Å²) >= 11 is 3.40. The van der Waals surface area contributed by atoms with Gasteiger partial charge in [-0.25, -0.2) is 0 Å². The highest BCUT2D eigenvalue weighted by molar-refractivity contribution is 9.10. The van der Waals surface area contributed by atoms with E-state index < -0.39 is 16.9 Å². The van der Waals surface area contributed by atoms with Crippen LogP contribution in [0.5, 0.6) is 0 Å². The quantitative estimate of drug-likeness (QED) is 0.796. The molecule has 0 fully saturated rings. The second-order valence-corrected chi connectivity index (χ2v) is 6.75. The van der Waals surface area contributed by atoms with Crippen LogP contribution < -0.4 is 5.32 Å². The lowest BCUT2D eigenvalue weighted by Crippen LogP contribution is -2.56. The van der Waals surface area contributed by atoms with Gasteiger partial charge in [0, 0.05) is 10.5 Å². The van der Waals surface area contributed by atoms with E-state index in [1.807, 2.05) is 24.3 Å². The molecule has 0 aliphatic carbocycles. The van der Waals surface area contributed by atoms with E-state index in [4.69, 9.17) is 0 Å². The number of hydrogen-bond donors (Lipinski definition) is 2. The van der Waals surface area contributed by atoms with Crippen LogP contribution in [0, 0.1) is 5.41 Å². The Bertz CT molecular complexity index is 577. The predicted molar refractivity (Wildman–Crippen MR) is 86.8 cm³/mol. The third kappa shape index (κ3) is 4.17. The van der Waals surface area contributed by atoms with Gasteiger partial charge in [0.2, 0.25) is 5.91 Å². The van der Waals surface area contributed by atoms with E-state index in [2.05, 4.69) is 21.2 Å². The van der Waals surface area contributed by atoms with Crippen LogP contribution in [-0.4, -0.2) is 22.5 Å². The zero-order chi connectivity index (χ0) is 16.3. The maximum atomic E-state index is 12.0. The summed E-state index contributed by atoms with van der Waals surface area (Å²) < 4.78 is 0.888. The zero-order valence-electron chi connectivity index (χ0n) is 12.6. The van der Waals surface area contributed by atoms with E-state index in [0.29, 0.717) is 0 Å². The molecule has 0 aromatic heterocycles. The van der Waals surface area contributed by atoms with Crippen LogP contribution in [0.1, 0.15) is 33.3 Å². The van der Waals surface area contributed by atoms with Crippen molar-refractivity contribution in [2.45, 2.75) is 33.2 Å². The Hall–Kier alpha value is -1.62. The molecular formula is C16H20BrNO3. The molecule has 0 aliphatic heterocycles. The van der Waals surface area contributed by atoms with Crippen LogP contribution in [0.15, 0.2) is 34.8 Å². The van der Waals surface area contributed by atoms with E-state index in [-0.39, 0.29) is 5.91 Å². The minimum atomic E-state index is -1.08. The van der Waals surface area contributed by atoms with E-state index >= 15 is 0 Å². The molecule has 0 atom stereocenters. The van der Waals surface area contributed by atoms with Crippen LogP contribution in [0.3, 0.4) is 0 Å². The van der Waals surface area contributed by atoms with Crippen LogP contribution in [-0.2, 0) is 9.59 Å². The average Bonchev–Trinajstić information content (AvgIpc) is 2.36. The minimum absolute atomic E-state index is 0.329. The molecule has 4 nitrogen and oxygen atoms in total. The van der Waals surface area contributed by atoms with Crippen molar-refractivity contribution in [3.05, 3.63) is 40.4 Å². The molecule has 114 valence electrons. The molecule has 5 heteroatoms. The zero-order valence-corrected chi connectivity index (χ0v) is 14.2. The normalized spacial score (nSPS) is 12.4. The molecule has 21 heavy (non-hydrogen) atoms. The summed E-state index contributed by atoms with van der Waals surface area (Å²) in [6, 6.07) is 7.52. The number of carboxylic acids is 1. The third-order valence-electron chi connectivity index (χ3n) is 3.85. The first-order valence-corrected chi connectivity index (χ1v) is 7.35. The summed E-state index contributed by atoms with van der Waals surface area (Å²) in [4.78, 5) is 23.3. The highest BCUT2D eigenvalue weighted by Crippen LogP contribution is 2.30. The molecule has 1 aromatic rings. The van der Waals surface area contributed by atoms with Gasteiger partial charge in [-0.05, 0) is 45.4 Å². The van der Waals surface area contributed by atoms with Gasteiger partial charge in [0.05, 0.1) is 11.0 Å². The summed E-state index contributed by atoms with van der Waals surface area (Å²) in [5.41, 5.74) is -1.08. The van der Waals surface area contributed by atoms with Gasteiger partial charge < -0.3 is 10.4 Å². The van der Waals surface area contributed by atoms with E-state index in [0.717, 1.165) is 10.0 Å². The first kappa shape index (κ1) is 17.4. The van der Waals surface area contributed by atoms with Crippen molar-refractivity contribution in [3.63, 3.8) is 0 Å². The van der Waals surface area contributed by atoms with Crippen molar-refractivity contribution in [2.24, 2.45) is 5.41 Å². The van der Waals surface area contributed by atoms with Crippen LogP contribution >= 0.6 is 15.9 Å². The number of amides is 1. The molecule has 0 saturated carbocycles. The Morgan fingerprint density at radius 2 is 1.76 bits per heavy atom. The van der Waals surface area contributed by atoms with Gasteiger partial charge in [-0.1, -0.05) is 34.1 Å². The molecule has 1 aromatic carbocycles. The minimum Gasteiger partial charge on any atom is -0.481 e. The van der Waals surface area contributed by atoms with E-state index in [9.17, 15) is 14.7 Å². The van der Waals surface area contributed by atoms with Crippen molar-refractivity contribution in [1.29, 1.82) is 0 Å². The molecule has 0 bridgehead atoms. The molecule has 0 unspecified atom stereocenters. The highest BCUT2D eigenvalue weighted by atomic mass is 79.9. The molecule has 1 amide bonds. The SMILES string of the molecule is CC(C)(NC(=O)C=Cc1ccccc1Br)C(C)(C)C(=O)O. The number of benzene rings is 1. The molecule has 0 aliphatic rings. The molecule has 0 radical (unpaired) electrons. The Morgan fingerprint density at radius 1 is 1.19 bits per heavy atom. The third-order valence-corrected chi connectivity index (χ3v) is 4.57. The first-order chi connectivity index (χ1) is 9.58. The van der Waals surface area contributed by atoms with Gasteiger partial charge in [0.15, 0.2) is 0 Å².